The number of rotatable bonds is 7. The number of halogens is 2. The van der Waals surface area contributed by atoms with Crippen LogP contribution in [0.25, 0.3) is 0 Å². The zero-order valence-electron chi connectivity index (χ0n) is 12.8. The molecule has 3 nitrogen and oxygen atoms in total. The highest BCUT2D eigenvalue weighted by atomic mass is 35.5. The van der Waals surface area contributed by atoms with Crippen LogP contribution in [0.2, 0.25) is 10.0 Å². The van der Waals surface area contributed by atoms with Gasteiger partial charge in [0.25, 0.3) is 0 Å². The van der Waals surface area contributed by atoms with Crippen LogP contribution < -0.4 is 15.4 Å². The van der Waals surface area contributed by atoms with Gasteiger partial charge >= 0.3 is 0 Å². The lowest BCUT2D eigenvalue weighted by Crippen LogP contribution is -2.47. The van der Waals surface area contributed by atoms with Crippen LogP contribution in [0.5, 0.6) is 5.75 Å². The zero-order chi connectivity index (χ0) is 16.1. The van der Waals surface area contributed by atoms with E-state index < -0.39 is 0 Å². The van der Waals surface area contributed by atoms with E-state index in [0.29, 0.717) is 16.7 Å². The summed E-state index contributed by atoms with van der Waals surface area (Å²) in [6.45, 7) is 4.59. The monoisotopic (exact) mass is 350 g/mol. The summed E-state index contributed by atoms with van der Waals surface area (Å²) < 4.78 is 5.85. The van der Waals surface area contributed by atoms with E-state index in [-0.39, 0.29) is 0 Å². The van der Waals surface area contributed by atoms with E-state index >= 15 is 0 Å². The van der Waals surface area contributed by atoms with E-state index in [1.807, 2.05) is 24.3 Å². The van der Waals surface area contributed by atoms with E-state index in [9.17, 15) is 0 Å². The molecule has 0 saturated carbocycles. The number of benzene rings is 2. The normalized spacial score (nSPS) is 14.5. The van der Waals surface area contributed by atoms with Crippen molar-refractivity contribution in [1.29, 1.82) is 0 Å². The van der Waals surface area contributed by atoms with Gasteiger partial charge in [0, 0.05) is 41.8 Å². The Hall–Kier alpha value is -1.26. The second kappa shape index (κ2) is 8.02. The number of hydrogen-bond donors (Lipinski definition) is 2. The van der Waals surface area contributed by atoms with E-state index in [1.54, 1.807) is 6.07 Å². The van der Waals surface area contributed by atoms with E-state index in [1.165, 1.54) is 5.56 Å². The molecule has 122 valence electrons. The molecule has 23 heavy (non-hydrogen) atoms. The van der Waals surface area contributed by atoms with Crippen molar-refractivity contribution in [3.8, 4) is 5.75 Å². The van der Waals surface area contributed by atoms with Crippen LogP contribution in [0.15, 0.2) is 42.5 Å². The summed E-state index contributed by atoms with van der Waals surface area (Å²) in [7, 11) is 0. The lowest BCUT2D eigenvalue weighted by atomic mass is 10.0. The largest absolute Gasteiger partial charge is 0.489 e. The standard InChI is InChI=1S/C18H20Cl2N2O/c19-16-5-4-15(18(20)7-16)12-23-17-3-1-2-13(6-17)8-21-9-14-10-22-11-14/h1-7,14,21-22H,8-12H2. The highest BCUT2D eigenvalue weighted by Gasteiger charge is 2.15. The Balaban J connectivity index is 1.52. The van der Waals surface area contributed by atoms with Crippen LogP contribution in [-0.2, 0) is 13.2 Å². The van der Waals surface area contributed by atoms with Crippen molar-refractivity contribution in [2.45, 2.75) is 13.2 Å². The van der Waals surface area contributed by atoms with Gasteiger partial charge in [-0.15, -0.1) is 0 Å². The first kappa shape index (κ1) is 16.6. The van der Waals surface area contributed by atoms with Crippen molar-refractivity contribution in [3.05, 3.63) is 63.6 Å². The quantitative estimate of drug-likeness (QED) is 0.794. The molecule has 0 atom stereocenters. The summed E-state index contributed by atoms with van der Waals surface area (Å²) in [5, 5.41) is 8.03. The molecule has 1 fully saturated rings. The van der Waals surface area contributed by atoms with Crippen molar-refractivity contribution in [1.82, 2.24) is 10.6 Å². The summed E-state index contributed by atoms with van der Waals surface area (Å²) in [5.74, 6) is 1.61. The maximum Gasteiger partial charge on any atom is 0.120 e. The lowest BCUT2D eigenvalue weighted by molar-refractivity contribution is 0.305. The predicted molar refractivity (Wildman–Crippen MR) is 95.3 cm³/mol. The maximum atomic E-state index is 6.16. The van der Waals surface area contributed by atoms with E-state index in [4.69, 9.17) is 27.9 Å². The zero-order valence-corrected chi connectivity index (χ0v) is 14.3. The highest BCUT2D eigenvalue weighted by Crippen LogP contribution is 2.23. The average molecular weight is 351 g/mol. The highest BCUT2D eigenvalue weighted by molar-refractivity contribution is 6.35. The first-order valence-electron chi connectivity index (χ1n) is 7.78. The van der Waals surface area contributed by atoms with Crippen LogP contribution in [-0.4, -0.2) is 19.6 Å². The van der Waals surface area contributed by atoms with Crippen LogP contribution in [0.4, 0.5) is 0 Å². The van der Waals surface area contributed by atoms with Crippen molar-refractivity contribution in [3.63, 3.8) is 0 Å². The van der Waals surface area contributed by atoms with Gasteiger partial charge in [-0.3, -0.25) is 0 Å². The number of ether oxygens (including phenoxy) is 1. The van der Waals surface area contributed by atoms with Crippen molar-refractivity contribution >= 4 is 23.2 Å². The van der Waals surface area contributed by atoms with Gasteiger partial charge in [-0.05, 0) is 35.7 Å². The van der Waals surface area contributed by atoms with E-state index in [0.717, 1.165) is 43.4 Å². The number of nitrogens with one attached hydrogen (secondary N) is 2. The molecule has 0 unspecified atom stereocenters. The molecule has 0 aliphatic carbocycles. The van der Waals surface area contributed by atoms with Gasteiger partial charge in [0.2, 0.25) is 0 Å². The van der Waals surface area contributed by atoms with Crippen LogP contribution in [0.1, 0.15) is 11.1 Å². The topological polar surface area (TPSA) is 33.3 Å². The minimum Gasteiger partial charge on any atom is -0.489 e. The minimum absolute atomic E-state index is 0.431. The SMILES string of the molecule is Clc1ccc(COc2cccc(CNCC3CNC3)c2)c(Cl)c1. The molecule has 0 spiro atoms. The van der Waals surface area contributed by atoms with Crippen molar-refractivity contribution in [2.75, 3.05) is 19.6 Å². The van der Waals surface area contributed by atoms with Gasteiger partial charge in [-0.1, -0.05) is 41.4 Å². The fourth-order valence-electron chi connectivity index (χ4n) is 2.46. The molecular weight excluding hydrogens is 331 g/mol. The molecule has 0 amide bonds. The molecule has 1 aliphatic rings. The number of hydrogen-bond acceptors (Lipinski definition) is 3. The maximum absolute atomic E-state index is 6.16. The Kier molecular flexibility index (Phi) is 5.79. The Morgan fingerprint density at radius 1 is 1.13 bits per heavy atom. The van der Waals surface area contributed by atoms with E-state index in [2.05, 4.69) is 22.8 Å². The Morgan fingerprint density at radius 3 is 2.74 bits per heavy atom. The smallest absolute Gasteiger partial charge is 0.120 e. The fraction of sp³-hybridized carbons (Fsp3) is 0.333. The van der Waals surface area contributed by atoms with Gasteiger partial charge < -0.3 is 15.4 Å². The predicted octanol–water partition coefficient (Wildman–Crippen LogP) is 3.88. The van der Waals surface area contributed by atoms with Gasteiger partial charge in [0.05, 0.1) is 0 Å². The average Bonchev–Trinajstić information content (AvgIpc) is 2.49. The third-order valence-corrected chi connectivity index (χ3v) is 4.52. The van der Waals surface area contributed by atoms with Gasteiger partial charge in [0.15, 0.2) is 0 Å². The molecule has 2 aromatic carbocycles. The second-order valence-corrected chi connectivity index (χ2v) is 6.67. The van der Waals surface area contributed by atoms with Crippen LogP contribution in [0, 0.1) is 5.92 Å². The first-order chi connectivity index (χ1) is 11.2. The summed E-state index contributed by atoms with van der Waals surface area (Å²) in [5.41, 5.74) is 2.15. The van der Waals surface area contributed by atoms with Gasteiger partial charge in [-0.25, -0.2) is 0 Å². The van der Waals surface area contributed by atoms with Crippen molar-refractivity contribution in [2.24, 2.45) is 5.92 Å². The molecule has 2 N–H and O–H groups in total. The fourth-order valence-corrected chi connectivity index (χ4v) is 2.92. The molecule has 0 radical (unpaired) electrons. The lowest BCUT2D eigenvalue weighted by Gasteiger charge is -2.27. The molecule has 1 aliphatic heterocycles. The molecule has 1 heterocycles. The molecular formula is C18H20Cl2N2O. The van der Waals surface area contributed by atoms with Crippen LogP contribution >= 0.6 is 23.2 Å². The Bertz CT molecular complexity index is 659. The molecule has 3 rings (SSSR count). The molecule has 0 aromatic heterocycles. The summed E-state index contributed by atoms with van der Waals surface area (Å²) in [4.78, 5) is 0. The Labute approximate surface area is 146 Å². The van der Waals surface area contributed by atoms with Crippen molar-refractivity contribution < 1.29 is 4.74 Å². The summed E-state index contributed by atoms with van der Waals surface area (Å²) in [6, 6.07) is 13.6. The third kappa shape index (κ3) is 4.85. The molecule has 5 heteroatoms. The second-order valence-electron chi connectivity index (χ2n) is 5.83. The first-order valence-corrected chi connectivity index (χ1v) is 8.53. The van der Waals surface area contributed by atoms with Gasteiger partial charge in [-0.2, -0.15) is 0 Å². The van der Waals surface area contributed by atoms with Crippen LogP contribution in [0.3, 0.4) is 0 Å². The molecule has 1 saturated heterocycles. The van der Waals surface area contributed by atoms with Gasteiger partial charge in [0.1, 0.15) is 12.4 Å². The summed E-state index contributed by atoms with van der Waals surface area (Å²) in [6.07, 6.45) is 0. The molecule has 2 aromatic rings. The Morgan fingerprint density at radius 2 is 2.00 bits per heavy atom. The third-order valence-electron chi connectivity index (χ3n) is 3.94. The summed E-state index contributed by atoms with van der Waals surface area (Å²) >= 11 is 12.1. The molecule has 0 bridgehead atoms. The minimum atomic E-state index is 0.431.